The fourth-order valence-electron chi connectivity index (χ4n) is 2.57. The molecule has 2 aromatic carbocycles. The van der Waals surface area contributed by atoms with Crippen molar-refractivity contribution >= 4 is 28.3 Å². The number of carbonyl (C=O) groups is 1. The monoisotopic (exact) mass is 309 g/mol. The lowest BCUT2D eigenvalue weighted by molar-refractivity contribution is 0.262. The van der Waals surface area contributed by atoms with Crippen LogP contribution in [0.3, 0.4) is 0 Å². The fourth-order valence-corrected chi connectivity index (χ4v) is 2.57. The van der Waals surface area contributed by atoms with Crippen LogP contribution in [0.15, 0.2) is 54.7 Å². The first kappa shape index (κ1) is 15.0. The number of aromatic nitrogens is 1. The molecule has 118 valence electrons. The standard InChI is InChI=1S/C18H19N3O2/c1-3-21-12-16(15-6-4-5-7-17(15)21)20-18(22)19-13-8-10-14(23-2)11-9-13/h4-12H,3H2,1-2H3,(H2,19,20,22). The third-order valence-corrected chi connectivity index (χ3v) is 3.73. The highest BCUT2D eigenvalue weighted by molar-refractivity contribution is 6.06. The van der Waals surface area contributed by atoms with Crippen molar-refractivity contribution in [2.45, 2.75) is 13.5 Å². The predicted molar refractivity (Wildman–Crippen MR) is 93.2 cm³/mol. The Hall–Kier alpha value is -2.95. The van der Waals surface area contributed by atoms with Crippen LogP contribution < -0.4 is 15.4 Å². The molecule has 5 heteroatoms. The number of nitrogens with one attached hydrogen (secondary N) is 2. The van der Waals surface area contributed by atoms with Gasteiger partial charge in [-0.25, -0.2) is 4.79 Å². The third-order valence-electron chi connectivity index (χ3n) is 3.73. The molecular formula is C18H19N3O2. The normalized spacial score (nSPS) is 10.5. The molecule has 23 heavy (non-hydrogen) atoms. The van der Waals surface area contributed by atoms with Gasteiger partial charge in [0.05, 0.1) is 18.3 Å². The van der Waals surface area contributed by atoms with E-state index in [1.54, 1.807) is 31.4 Å². The van der Waals surface area contributed by atoms with Gasteiger partial charge in [-0.1, -0.05) is 18.2 Å². The maximum atomic E-state index is 12.2. The highest BCUT2D eigenvalue weighted by atomic mass is 16.5. The first-order valence-electron chi connectivity index (χ1n) is 7.51. The molecule has 0 unspecified atom stereocenters. The first-order chi connectivity index (χ1) is 11.2. The topological polar surface area (TPSA) is 55.3 Å². The number of anilines is 2. The van der Waals surface area contributed by atoms with Gasteiger partial charge in [-0.3, -0.25) is 0 Å². The number of benzene rings is 2. The van der Waals surface area contributed by atoms with Crippen molar-refractivity contribution < 1.29 is 9.53 Å². The second-order valence-electron chi connectivity index (χ2n) is 5.15. The van der Waals surface area contributed by atoms with Gasteiger partial charge in [0.2, 0.25) is 0 Å². The Morgan fingerprint density at radius 2 is 1.83 bits per heavy atom. The zero-order chi connectivity index (χ0) is 16.2. The van der Waals surface area contributed by atoms with Crippen molar-refractivity contribution in [3.8, 4) is 5.75 Å². The summed E-state index contributed by atoms with van der Waals surface area (Å²) in [7, 11) is 1.61. The van der Waals surface area contributed by atoms with Crippen LogP contribution in [0.5, 0.6) is 5.75 Å². The van der Waals surface area contributed by atoms with Crippen molar-refractivity contribution in [3.05, 3.63) is 54.7 Å². The predicted octanol–water partition coefficient (Wildman–Crippen LogP) is 4.31. The van der Waals surface area contributed by atoms with E-state index in [1.807, 2.05) is 30.5 Å². The van der Waals surface area contributed by atoms with E-state index in [4.69, 9.17) is 4.74 Å². The lowest BCUT2D eigenvalue weighted by Gasteiger charge is -2.07. The summed E-state index contributed by atoms with van der Waals surface area (Å²) >= 11 is 0. The van der Waals surface area contributed by atoms with Crippen molar-refractivity contribution in [1.82, 2.24) is 4.57 Å². The average Bonchev–Trinajstić information content (AvgIpc) is 2.93. The van der Waals surface area contributed by atoms with Crippen molar-refractivity contribution in [2.24, 2.45) is 0 Å². The molecule has 5 nitrogen and oxygen atoms in total. The summed E-state index contributed by atoms with van der Waals surface area (Å²) in [4.78, 5) is 12.2. The molecule has 3 aromatic rings. The van der Waals surface area contributed by atoms with E-state index < -0.39 is 0 Å². The summed E-state index contributed by atoms with van der Waals surface area (Å²) in [6.07, 6.45) is 1.96. The average molecular weight is 309 g/mol. The minimum atomic E-state index is -0.269. The van der Waals surface area contributed by atoms with E-state index in [2.05, 4.69) is 22.1 Å². The number of para-hydroxylation sites is 1. The van der Waals surface area contributed by atoms with Crippen molar-refractivity contribution in [1.29, 1.82) is 0 Å². The molecule has 0 aliphatic rings. The molecule has 0 bridgehead atoms. The summed E-state index contributed by atoms with van der Waals surface area (Å²) in [5.41, 5.74) is 2.62. The van der Waals surface area contributed by atoms with E-state index in [0.29, 0.717) is 5.69 Å². The van der Waals surface area contributed by atoms with Gasteiger partial charge in [-0.2, -0.15) is 0 Å². The van der Waals surface area contributed by atoms with Crippen LogP contribution in [0.1, 0.15) is 6.92 Å². The van der Waals surface area contributed by atoms with Crippen LogP contribution in [0, 0.1) is 0 Å². The number of nitrogens with zero attached hydrogens (tertiary/aromatic N) is 1. The Morgan fingerprint density at radius 3 is 2.52 bits per heavy atom. The smallest absolute Gasteiger partial charge is 0.323 e. The Morgan fingerprint density at radius 1 is 1.09 bits per heavy atom. The number of methoxy groups -OCH3 is 1. The lowest BCUT2D eigenvalue weighted by atomic mass is 10.2. The summed E-state index contributed by atoms with van der Waals surface area (Å²) < 4.78 is 7.21. The molecule has 0 radical (unpaired) electrons. The zero-order valence-electron chi connectivity index (χ0n) is 13.2. The molecule has 3 rings (SSSR count). The van der Waals surface area contributed by atoms with Crippen LogP contribution in [0.2, 0.25) is 0 Å². The van der Waals surface area contributed by atoms with Crippen LogP contribution >= 0.6 is 0 Å². The molecular weight excluding hydrogens is 290 g/mol. The summed E-state index contributed by atoms with van der Waals surface area (Å²) in [6, 6.07) is 15.0. The summed E-state index contributed by atoms with van der Waals surface area (Å²) in [5.74, 6) is 0.752. The van der Waals surface area contributed by atoms with Gasteiger partial charge in [0.25, 0.3) is 0 Å². The molecule has 0 aliphatic heterocycles. The van der Waals surface area contributed by atoms with Crippen LogP contribution in [-0.2, 0) is 6.54 Å². The second-order valence-corrected chi connectivity index (χ2v) is 5.15. The summed E-state index contributed by atoms with van der Waals surface area (Å²) in [5, 5.41) is 6.76. The largest absolute Gasteiger partial charge is 0.497 e. The van der Waals surface area contributed by atoms with Gasteiger partial charge in [-0.05, 0) is 37.3 Å². The Bertz CT molecular complexity index is 822. The van der Waals surface area contributed by atoms with E-state index in [-0.39, 0.29) is 6.03 Å². The number of urea groups is 1. The van der Waals surface area contributed by atoms with Crippen LogP contribution in [0.25, 0.3) is 10.9 Å². The Kier molecular flexibility index (Phi) is 4.19. The van der Waals surface area contributed by atoms with E-state index in [9.17, 15) is 4.79 Å². The second kappa shape index (κ2) is 6.44. The van der Waals surface area contributed by atoms with E-state index in [1.165, 1.54) is 0 Å². The molecule has 0 saturated heterocycles. The molecule has 0 spiro atoms. The van der Waals surface area contributed by atoms with E-state index in [0.717, 1.165) is 28.9 Å². The number of hydrogen-bond acceptors (Lipinski definition) is 2. The highest BCUT2D eigenvalue weighted by Gasteiger charge is 2.10. The van der Waals surface area contributed by atoms with Crippen molar-refractivity contribution in [3.63, 3.8) is 0 Å². The third kappa shape index (κ3) is 3.13. The first-order valence-corrected chi connectivity index (χ1v) is 7.51. The number of aryl methyl sites for hydroxylation is 1. The van der Waals surface area contributed by atoms with Gasteiger partial charge in [0.1, 0.15) is 5.75 Å². The minimum Gasteiger partial charge on any atom is -0.497 e. The molecule has 1 aromatic heterocycles. The van der Waals surface area contributed by atoms with Gasteiger partial charge in [0.15, 0.2) is 0 Å². The number of ether oxygens (including phenoxy) is 1. The maximum Gasteiger partial charge on any atom is 0.323 e. The quantitative estimate of drug-likeness (QED) is 0.754. The number of carbonyl (C=O) groups excluding carboxylic acids is 1. The molecule has 0 aliphatic carbocycles. The van der Waals surface area contributed by atoms with Gasteiger partial charge in [-0.15, -0.1) is 0 Å². The SMILES string of the molecule is CCn1cc(NC(=O)Nc2ccc(OC)cc2)c2ccccc21. The number of fused-ring (bicyclic) bond motifs is 1. The fraction of sp³-hybridized carbons (Fsp3) is 0.167. The maximum absolute atomic E-state index is 12.2. The van der Waals surface area contributed by atoms with E-state index >= 15 is 0 Å². The van der Waals surface area contributed by atoms with Crippen LogP contribution in [0.4, 0.5) is 16.2 Å². The van der Waals surface area contributed by atoms with Gasteiger partial charge >= 0.3 is 6.03 Å². The highest BCUT2D eigenvalue weighted by Crippen LogP contribution is 2.26. The Balaban J connectivity index is 1.77. The van der Waals surface area contributed by atoms with Gasteiger partial charge in [0, 0.05) is 23.8 Å². The minimum absolute atomic E-state index is 0.269. The molecule has 0 fully saturated rings. The van der Waals surface area contributed by atoms with Crippen molar-refractivity contribution in [2.75, 3.05) is 17.7 Å². The van der Waals surface area contributed by atoms with Crippen LogP contribution in [-0.4, -0.2) is 17.7 Å². The molecule has 1 heterocycles. The number of amides is 2. The number of hydrogen-bond donors (Lipinski definition) is 2. The molecule has 2 amide bonds. The molecule has 2 N–H and O–H groups in total. The Labute approximate surface area is 134 Å². The number of rotatable bonds is 4. The lowest BCUT2D eigenvalue weighted by Crippen LogP contribution is -2.19. The van der Waals surface area contributed by atoms with Gasteiger partial charge < -0.3 is 19.9 Å². The molecule has 0 saturated carbocycles. The summed E-state index contributed by atoms with van der Waals surface area (Å²) in [6.45, 7) is 2.93. The molecule has 0 atom stereocenters. The zero-order valence-corrected chi connectivity index (χ0v) is 13.2.